The molecule has 108 valence electrons. The highest BCUT2D eigenvalue weighted by atomic mass is 19.1. The first-order chi connectivity index (χ1) is 9.47. The van der Waals surface area contributed by atoms with Gasteiger partial charge >= 0.3 is 0 Å². The lowest BCUT2D eigenvalue weighted by Crippen LogP contribution is -2.17. The number of nitrogens with one attached hydrogen (secondary N) is 1. The van der Waals surface area contributed by atoms with Crippen molar-refractivity contribution in [3.05, 3.63) is 47.1 Å². The van der Waals surface area contributed by atoms with Gasteiger partial charge in [-0.05, 0) is 30.5 Å². The van der Waals surface area contributed by atoms with Crippen LogP contribution in [-0.4, -0.2) is 10.3 Å². The van der Waals surface area contributed by atoms with Crippen LogP contribution < -0.4 is 5.32 Å². The number of benzene rings is 1. The molecule has 1 unspecified atom stereocenters. The molecule has 5 heteroatoms. The smallest absolute Gasteiger partial charge is 0.164 e. The largest absolute Gasteiger partial charge is 0.505 e. The lowest BCUT2D eigenvalue weighted by atomic mass is 10.1. The van der Waals surface area contributed by atoms with Gasteiger partial charge in [0.05, 0.1) is 12.2 Å². The molecule has 0 aliphatic rings. The predicted octanol–water partition coefficient (Wildman–Crippen LogP) is 3.49. The third kappa shape index (κ3) is 3.36. The van der Waals surface area contributed by atoms with Crippen molar-refractivity contribution >= 4 is 0 Å². The van der Waals surface area contributed by atoms with Crippen LogP contribution in [0, 0.1) is 5.82 Å². The molecular formula is C15H19FN2O2. The van der Waals surface area contributed by atoms with Gasteiger partial charge in [-0.1, -0.05) is 25.1 Å². The maximum Gasteiger partial charge on any atom is 0.164 e. The van der Waals surface area contributed by atoms with Gasteiger partial charge in [0.1, 0.15) is 0 Å². The van der Waals surface area contributed by atoms with E-state index in [2.05, 4.69) is 24.3 Å². The molecule has 0 spiro atoms. The van der Waals surface area contributed by atoms with Crippen LogP contribution in [0.1, 0.15) is 49.7 Å². The molecule has 1 atom stereocenters. The number of halogens is 1. The molecule has 0 saturated heterocycles. The summed E-state index contributed by atoms with van der Waals surface area (Å²) in [5.41, 5.74) is 1.74. The minimum atomic E-state index is -0.613. The molecule has 0 bridgehead atoms. The summed E-state index contributed by atoms with van der Waals surface area (Å²) >= 11 is 0. The monoisotopic (exact) mass is 278 g/mol. The normalized spacial score (nSPS) is 12.8. The van der Waals surface area contributed by atoms with E-state index in [4.69, 9.17) is 4.52 Å². The van der Waals surface area contributed by atoms with Gasteiger partial charge in [0.2, 0.25) is 0 Å². The Labute approximate surface area is 117 Å². The second-order valence-electron chi connectivity index (χ2n) is 5.19. The van der Waals surface area contributed by atoms with E-state index in [1.54, 1.807) is 6.07 Å². The molecule has 0 radical (unpaired) electrons. The highest BCUT2D eigenvalue weighted by Gasteiger charge is 2.11. The van der Waals surface area contributed by atoms with Crippen LogP contribution in [0.2, 0.25) is 0 Å². The molecule has 1 aromatic heterocycles. The van der Waals surface area contributed by atoms with Gasteiger partial charge in [-0.2, -0.15) is 0 Å². The SMILES string of the molecule is CC(C)c1cc(CNC(C)c2ccc(F)c(O)c2)on1. The van der Waals surface area contributed by atoms with Crippen molar-refractivity contribution in [2.75, 3.05) is 0 Å². The summed E-state index contributed by atoms with van der Waals surface area (Å²) in [6, 6.07) is 6.22. The Morgan fingerprint density at radius 2 is 2.05 bits per heavy atom. The molecule has 20 heavy (non-hydrogen) atoms. The van der Waals surface area contributed by atoms with Gasteiger partial charge in [0, 0.05) is 12.1 Å². The minimum absolute atomic E-state index is 0.0332. The van der Waals surface area contributed by atoms with Crippen molar-refractivity contribution in [2.45, 2.75) is 39.3 Å². The molecule has 1 aromatic carbocycles. The Morgan fingerprint density at radius 1 is 1.30 bits per heavy atom. The molecule has 0 aliphatic carbocycles. The van der Waals surface area contributed by atoms with Crippen molar-refractivity contribution in [2.24, 2.45) is 0 Å². The number of nitrogens with zero attached hydrogens (tertiary/aromatic N) is 1. The van der Waals surface area contributed by atoms with Crippen LogP contribution in [0.3, 0.4) is 0 Å². The number of hydrogen-bond donors (Lipinski definition) is 2. The van der Waals surface area contributed by atoms with Crippen LogP contribution in [0.25, 0.3) is 0 Å². The number of aromatic hydroxyl groups is 1. The topological polar surface area (TPSA) is 58.3 Å². The zero-order valence-corrected chi connectivity index (χ0v) is 11.9. The van der Waals surface area contributed by atoms with Gasteiger partial charge in [0.15, 0.2) is 17.3 Å². The van der Waals surface area contributed by atoms with E-state index < -0.39 is 5.82 Å². The van der Waals surface area contributed by atoms with Crippen LogP contribution in [0.5, 0.6) is 5.75 Å². The van der Waals surface area contributed by atoms with Gasteiger partial charge < -0.3 is 14.9 Å². The van der Waals surface area contributed by atoms with E-state index in [0.717, 1.165) is 17.0 Å². The zero-order valence-electron chi connectivity index (χ0n) is 11.9. The summed E-state index contributed by atoms with van der Waals surface area (Å²) in [5, 5.41) is 16.6. The number of rotatable bonds is 5. The number of phenolic OH excluding ortho intramolecular Hbond substituents is 1. The van der Waals surface area contributed by atoms with Crippen molar-refractivity contribution in [3.63, 3.8) is 0 Å². The van der Waals surface area contributed by atoms with Crippen LogP contribution in [0.15, 0.2) is 28.8 Å². The van der Waals surface area contributed by atoms with Crippen molar-refractivity contribution in [3.8, 4) is 5.75 Å². The zero-order chi connectivity index (χ0) is 14.7. The molecule has 2 rings (SSSR count). The van der Waals surface area contributed by atoms with E-state index >= 15 is 0 Å². The Hall–Kier alpha value is -1.88. The average Bonchev–Trinajstić information content (AvgIpc) is 2.88. The van der Waals surface area contributed by atoms with E-state index in [9.17, 15) is 9.50 Å². The molecule has 0 saturated carbocycles. The molecule has 1 heterocycles. The fourth-order valence-electron chi connectivity index (χ4n) is 1.85. The highest BCUT2D eigenvalue weighted by molar-refractivity contribution is 5.30. The average molecular weight is 278 g/mol. The number of phenols is 1. The van der Waals surface area contributed by atoms with Gasteiger partial charge in [-0.3, -0.25) is 0 Å². The van der Waals surface area contributed by atoms with Crippen molar-refractivity contribution in [1.29, 1.82) is 0 Å². The molecular weight excluding hydrogens is 259 g/mol. The lowest BCUT2D eigenvalue weighted by molar-refractivity contribution is 0.359. The van der Waals surface area contributed by atoms with Crippen LogP contribution in [-0.2, 0) is 6.54 Å². The first kappa shape index (κ1) is 14.5. The Kier molecular flexibility index (Phi) is 4.39. The van der Waals surface area contributed by atoms with E-state index in [0.29, 0.717) is 12.5 Å². The fourth-order valence-corrected chi connectivity index (χ4v) is 1.85. The van der Waals surface area contributed by atoms with Crippen molar-refractivity contribution < 1.29 is 14.0 Å². The summed E-state index contributed by atoms with van der Waals surface area (Å²) in [4.78, 5) is 0. The predicted molar refractivity (Wildman–Crippen MR) is 73.9 cm³/mol. The lowest BCUT2D eigenvalue weighted by Gasteiger charge is -2.13. The number of hydrogen-bond acceptors (Lipinski definition) is 4. The molecule has 0 amide bonds. The maximum absolute atomic E-state index is 13.0. The summed E-state index contributed by atoms with van der Waals surface area (Å²) in [6.07, 6.45) is 0. The van der Waals surface area contributed by atoms with E-state index in [-0.39, 0.29) is 11.8 Å². The fraction of sp³-hybridized carbons (Fsp3) is 0.400. The van der Waals surface area contributed by atoms with E-state index in [1.807, 2.05) is 13.0 Å². The standard InChI is InChI=1S/C15H19FN2O2/c1-9(2)14-7-12(20-18-14)8-17-10(3)11-4-5-13(16)15(19)6-11/h4-7,9-10,17,19H,8H2,1-3H3. The van der Waals surface area contributed by atoms with Gasteiger partial charge in [0.25, 0.3) is 0 Å². The molecule has 2 aromatic rings. The third-order valence-corrected chi connectivity index (χ3v) is 3.22. The molecule has 0 aliphatic heterocycles. The summed E-state index contributed by atoms with van der Waals surface area (Å²) in [7, 11) is 0. The minimum Gasteiger partial charge on any atom is -0.505 e. The van der Waals surface area contributed by atoms with Gasteiger partial charge in [-0.15, -0.1) is 0 Å². The van der Waals surface area contributed by atoms with E-state index in [1.165, 1.54) is 12.1 Å². The summed E-state index contributed by atoms with van der Waals surface area (Å²) in [5.74, 6) is 0.140. The van der Waals surface area contributed by atoms with Crippen LogP contribution >= 0.6 is 0 Å². The summed E-state index contributed by atoms with van der Waals surface area (Å²) in [6.45, 7) is 6.57. The first-order valence-electron chi connectivity index (χ1n) is 6.64. The Balaban J connectivity index is 1.97. The second-order valence-corrected chi connectivity index (χ2v) is 5.19. The Morgan fingerprint density at radius 3 is 2.65 bits per heavy atom. The summed E-state index contributed by atoms with van der Waals surface area (Å²) < 4.78 is 18.2. The highest BCUT2D eigenvalue weighted by Crippen LogP contribution is 2.22. The first-order valence-corrected chi connectivity index (χ1v) is 6.64. The van der Waals surface area contributed by atoms with Crippen molar-refractivity contribution in [1.82, 2.24) is 10.5 Å². The molecule has 0 fully saturated rings. The third-order valence-electron chi connectivity index (χ3n) is 3.22. The Bertz CT molecular complexity index is 581. The molecule has 4 nitrogen and oxygen atoms in total. The second kappa shape index (κ2) is 6.05. The van der Waals surface area contributed by atoms with Gasteiger partial charge in [-0.25, -0.2) is 4.39 Å². The number of aromatic nitrogens is 1. The maximum atomic E-state index is 13.0. The quantitative estimate of drug-likeness (QED) is 0.879. The molecule has 2 N–H and O–H groups in total. The van der Waals surface area contributed by atoms with Crippen LogP contribution in [0.4, 0.5) is 4.39 Å².